The highest BCUT2D eigenvalue weighted by atomic mass is 19.3. The summed E-state index contributed by atoms with van der Waals surface area (Å²) in [5.41, 5.74) is 2.01. The van der Waals surface area contributed by atoms with Gasteiger partial charge in [-0.2, -0.15) is 8.78 Å². The van der Waals surface area contributed by atoms with Gasteiger partial charge in [0.05, 0.1) is 0 Å². The maximum Gasteiger partial charge on any atom is 0.387 e. The van der Waals surface area contributed by atoms with Crippen molar-refractivity contribution < 1.29 is 23.0 Å². The molecule has 4 nitrogen and oxygen atoms in total. The second kappa shape index (κ2) is 9.01. The van der Waals surface area contributed by atoms with Crippen molar-refractivity contribution in [2.45, 2.75) is 26.5 Å². The Kier molecular flexibility index (Phi) is 6.74. The average molecular weight is 349 g/mol. The van der Waals surface area contributed by atoms with Gasteiger partial charge in [-0.3, -0.25) is 4.79 Å². The molecule has 2 aromatic rings. The minimum atomic E-state index is -2.85. The van der Waals surface area contributed by atoms with Crippen LogP contribution in [0.2, 0.25) is 0 Å². The number of hydrogen-bond donors (Lipinski definition) is 0. The molecule has 0 aliphatic carbocycles. The average Bonchev–Trinajstić information content (AvgIpc) is 2.61. The van der Waals surface area contributed by atoms with E-state index in [0.717, 1.165) is 12.0 Å². The maximum atomic E-state index is 12.1. The fraction of sp³-hybridized carbons (Fsp3) is 0.316. The molecule has 0 saturated heterocycles. The zero-order valence-corrected chi connectivity index (χ0v) is 14.2. The zero-order valence-electron chi connectivity index (χ0n) is 14.2. The van der Waals surface area contributed by atoms with Crippen LogP contribution in [0.3, 0.4) is 0 Å². The van der Waals surface area contributed by atoms with E-state index >= 15 is 0 Å². The van der Waals surface area contributed by atoms with E-state index in [1.54, 1.807) is 19.2 Å². The Morgan fingerprint density at radius 1 is 1.00 bits per heavy atom. The number of benzene rings is 2. The number of carbonyl (C=O) groups is 1. The van der Waals surface area contributed by atoms with E-state index in [1.807, 2.05) is 24.3 Å². The molecule has 6 heteroatoms. The third-order valence-corrected chi connectivity index (χ3v) is 3.69. The number of carbonyl (C=O) groups excluding carboxylic acids is 1. The van der Waals surface area contributed by atoms with Crippen molar-refractivity contribution in [1.29, 1.82) is 0 Å². The molecule has 0 aliphatic heterocycles. The minimum absolute atomic E-state index is 0.0610. The largest absolute Gasteiger partial charge is 0.484 e. The molecule has 0 atom stereocenters. The molecule has 1 amide bonds. The van der Waals surface area contributed by atoms with Gasteiger partial charge in [0.1, 0.15) is 11.5 Å². The van der Waals surface area contributed by atoms with Gasteiger partial charge in [-0.15, -0.1) is 0 Å². The minimum Gasteiger partial charge on any atom is -0.484 e. The van der Waals surface area contributed by atoms with E-state index in [1.165, 1.54) is 22.6 Å². The lowest BCUT2D eigenvalue weighted by Gasteiger charge is -2.18. The lowest BCUT2D eigenvalue weighted by molar-refractivity contribution is -0.132. The summed E-state index contributed by atoms with van der Waals surface area (Å²) in [6.45, 7) is -0.486. The number of nitrogens with zero attached hydrogens (tertiary/aromatic N) is 1. The Balaban J connectivity index is 1.82. The van der Waals surface area contributed by atoms with E-state index < -0.39 is 6.61 Å². The summed E-state index contributed by atoms with van der Waals surface area (Å²) in [6.07, 6.45) is 0.948. The molecule has 0 fully saturated rings. The Morgan fingerprint density at radius 3 is 2.12 bits per heavy atom. The normalized spacial score (nSPS) is 10.6. The highest BCUT2D eigenvalue weighted by Gasteiger charge is 2.11. The number of halogens is 2. The summed E-state index contributed by atoms with van der Waals surface area (Å²) in [4.78, 5) is 13.7. The van der Waals surface area contributed by atoms with Crippen LogP contribution in [0.25, 0.3) is 0 Å². The Bertz CT molecular complexity index is 672. The summed E-state index contributed by atoms with van der Waals surface area (Å²) in [6, 6.07) is 13.8. The first-order chi connectivity index (χ1) is 12.0. The van der Waals surface area contributed by atoms with Crippen molar-refractivity contribution in [2.75, 3.05) is 13.7 Å². The van der Waals surface area contributed by atoms with Crippen molar-refractivity contribution in [3.05, 3.63) is 59.7 Å². The van der Waals surface area contributed by atoms with Crippen molar-refractivity contribution in [3.8, 4) is 11.5 Å². The van der Waals surface area contributed by atoms with Crippen molar-refractivity contribution in [2.24, 2.45) is 0 Å². The predicted octanol–water partition coefficient (Wildman–Crippen LogP) is 3.89. The molecule has 0 aliphatic rings. The van der Waals surface area contributed by atoms with Crippen molar-refractivity contribution in [3.63, 3.8) is 0 Å². The predicted molar refractivity (Wildman–Crippen MR) is 90.9 cm³/mol. The first-order valence-corrected chi connectivity index (χ1v) is 7.97. The van der Waals surface area contributed by atoms with Gasteiger partial charge < -0.3 is 14.4 Å². The number of likely N-dealkylation sites (N-methyl/N-ethyl adjacent to an activating group) is 1. The molecule has 2 aromatic carbocycles. The molecular weight excluding hydrogens is 328 g/mol. The quantitative estimate of drug-likeness (QED) is 0.726. The van der Waals surface area contributed by atoms with Crippen molar-refractivity contribution in [1.82, 2.24) is 4.90 Å². The highest BCUT2D eigenvalue weighted by molar-refractivity contribution is 5.77. The molecule has 0 spiro atoms. The Labute approximate surface area is 146 Å². The summed E-state index contributed by atoms with van der Waals surface area (Å²) in [5.74, 6) is 0.562. The first-order valence-electron chi connectivity index (χ1n) is 7.97. The molecule has 0 saturated carbocycles. The third-order valence-electron chi connectivity index (χ3n) is 3.69. The van der Waals surface area contributed by atoms with Crippen LogP contribution < -0.4 is 9.47 Å². The second-order valence-electron chi connectivity index (χ2n) is 5.56. The number of rotatable bonds is 8. The van der Waals surface area contributed by atoms with Gasteiger partial charge in [0, 0.05) is 13.6 Å². The van der Waals surface area contributed by atoms with Crippen LogP contribution in [0.4, 0.5) is 8.78 Å². The van der Waals surface area contributed by atoms with Crippen LogP contribution in [0.15, 0.2) is 48.5 Å². The van der Waals surface area contributed by atoms with Gasteiger partial charge in [0.15, 0.2) is 6.61 Å². The molecule has 0 bridgehead atoms. The number of amides is 1. The van der Waals surface area contributed by atoms with Crippen LogP contribution in [0.1, 0.15) is 18.1 Å². The van der Waals surface area contributed by atoms with E-state index in [-0.39, 0.29) is 18.3 Å². The number of hydrogen-bond acceptors (Lipinski definition) is 3. The molecule has 0 unspecified atom stereocenters. The van der Waals surface area contributed by atoms with Gasteiger partial charge in [-0.1, -0.05) is 31.2 Å². The summed E-state index contributed by atoms with van der Waals surface area (Å²) in [7, 11) is 1.66. The van der Waals surface area contributed by atoms with E-state index in [9.17, 15) is 13.6 Å². The van der Waals surface area contributed by atoms with Crippen LogP contribution in [0, 0.1) is 0 Å². The topological polar surface area (TPSA) is 38.8 Å². The summed E-state index contributed by atoms with van der Waals surface area (Å²) < 4.78 is 34.0. The van der Waals surface area contributed by atoms with Gasteiger partial charge in [0.2, 0.25) is 0 Å². The van der Waals surface area contributed by atoms with Crippen molar-refractivity contribution >= 4 is 5.91 Å². The summed E-state index contributed by atoms with van der Waals surface area (Å²) in [5, 5.41) is 0. The van der Waals surface area contributed by atoms with Gasteiger partial charge in [0.25, 0.3) is 5.91 Å². The van der Waals surface area contributed by atoms with E-state index in [2.05, 4.69) is 11.7 Å². The van der Waals surface area contributed by atoms with Crippen LogP contribution >= 0.6 is 0 Å². The first kappa shape index (κ1) is 18.7. The zero-order chi connectivity index (χ0) is 18.2. The fourth-order valence-corrected chi connectivity index (χ4v) is 2.21. The van der Waals surface area contributed by atoms with Crippen LogP contribution in [-0.2, 0) is 17.8 Å². The molecule has 134 valence electrons. The van der Waals surface area contributed by atoms with E-state index in [4.69, 9.17) is 4.74 Å². The number of ether oxygens (including phenoxy) is 2. The Hall–Kier alpha value is -2.63. The lowest BCUT2D eigenvalue weighted by Crippen LogP contribution is -2.30. The van der Waals surface area contributed by atoms with Gasteiger partial charge in [-0.25, -0.2) is 0 Å². The molecule has 25 heavy (non-hydrogen) atoms. The molecule has 0 N–H and O–H groups in total. The van der Waals surface area contributed by atoms with Gasteiger partial charge in [-0.05, 0) is 41.8 Å². The van der Waals surface area contributed by atoms with Gasteiger partial charge >= 0.3 is 6.61 Å². The fourth-order valence-electron chi connectivity index (χ4n) is 2.21. The maximum absolute atomic E-state index is 12.1. The molecule has 2 rings (SSSR count). The monoisotopic (exact) mass is 349 g/mol. The van der Waals surface area contributed by atoms with Crippen LogP contribution in [0.5, 0.6) is 11.5 Å². The summed E-state index contributed by atoms with van der Waals surface area (Å²) >= 11 is 0. The van der Waals surface area contributed by atoms with E-state index in [0.29, 0.717) is 12.3 Å². The highest BCUT2D eigenvalue weighted by Crippen LogP contribution is 2.16. The second-order valence-corrected chi connectivity index (χ2v) is 5.56. The molecule has 0 radical (unpaired) electrons. The lowest BCUT2D eigenvalue weighted by atomic mass is 10.2. The molecule has 0 aromatic heterocycles. The smallest absolute Gasteiger partial charge is 0.387 e. The number of alkyl halides is 2. The van der Waals surface area contributed by atoms with Crippen LogP contribution in [-0.4, -0.2) is 31.1 Å². The molecule has 0 heterocycles. The molecular formula is C19H21F2NO3. The Morgan fingerprint density at radius 2 is 1.56 bits per heavy atom. The number of aryl methyl sites for hydroxylation is 1. The third kappa shape index (κ3) is 6.06. The SMILES string of the molecule is CCc1ccc(OCC(=O)N(C)Cc2ccc(OC(F)F)cc2)cc1. The standard InChI is InChI=1S/C19H21F2NO3/c1-3-14-4-8-16(9-5-14)24-13-18(23)22(2)12-15-6-10-17(11-7-15)25-19(20)21/h4-11,19H,3,12-13H2,1-2H3.